The molecule has 1 unspecified atom stereocenters. The molecule has 0 radical (unpaired) electrons. The first-order valence-electron chi connectivity index (χ1n) is 12.7. The smallest absolute Gasteiger partial charge is 0.264 e. The Labute approximate surface area is 231 Å². The third-order valence-electron chi connectivity index (χ3n) is 6.11. The molecule has 3 aromatic rings. The Balaban J connectivity index is 2.00. The largest absolute Gasteiger partial charge is 0.497 e. The van der Waals surface area contributed by atoms with Gasteiger partial charge in [0.1, 0.15) is 18.3 Å². The van der Waals surface area contributed by atoms with Gasteiger partial charge in [-0.3, -0.25) is 13.9 Å². The second-order valence-electron chi connectivity index (χ2n) is 10.4. The van der Waals surface area contributed by atoms with Crippen molar-refractivity contribution in [3.05, 3.63) is 90.0 Å². The third kappa shape index (κ3) is 7.83. The van der Waals surface area contributed by atoms with Crippen molar-refractivity contribution in [3.63, 3.8) is 0 Å². The van der Waals surface area contributed by atoms with Crippen molar-refractivity contribution in [1.82, 2.24) is 10.2 Å². The number of aryl methyl sites for hydroxylation is 1. The summed E-state index contributed by atoms with van der Waals surface area (Å²) < 4.78 is 33.9. The number of carbonyl (C=O) groups excluding carboxylic acids is 2. The lowest BCUT2D eigenvalue weighted by Gasteiger charge is -2.33. The highest BCUT2D eigenvalue weighted by Crippen LogP contribution is 2.26. The highest BCUT2D eigenvalue weighted by atomic mass is 32.2. The fraction of sp³-hybridized carbons (Fsp3) is 0.333. The van der Waals surface area contributed by atoms with Gasteiger partial charge in [-0.15, -0.1) is 0 Å². The lowest BCUT2D eigenvalue weighted by molar-refractivity contribution is -0.140. The Hall–Kier alpha value is -3.85. The van der Waals surface area contributed by atoms with Crippen molar-refractivity contribution in [2.45, 2.75) is 57.6 Å². The lowest BCUT2D eigenvalue weighted by atomic mass is 10.1. The van der Waals surface area contributed by atoms with Crippen LogP contribution in [-0.2, 0) is 26.2 Å². The number of amides is 2. The minimum atomic E-state index is -4.13. The number of ether oxygens (including phenoxy) is 1. The van der Waals surface area contributed by atoms with Crippen molar-refractivity contribution in [1.29, 1.82) is 0 Å². The Morgan fingerprint density at radius 3 is 2.05 bits per heavy atom. The van der Waals surface area contributed by atoms with E-state index in [-0.39, 0.29) is 17.3 Å². The van der Waals surface area contributed by atoms with Gasteiger partial charge < -0.3 is 15.0 Å². The molecule has 0 fully saturated rings. The molecule has 3 rings (SSSR count). The molecule has 8 nitrogen and oxygen atoms in total. The van der Waals surface area contributed by atoms with Crippen molar-refractivity contribution < 1.29 is 22.7 Å². The summed E-state index contributed by atoms with van der Waals surface area (Å²) in [6.45, 7) is 8.86. The van der Waals surface area contributed by atoms with Gasteiger partial charge in [-0.1, -0.05) is 48.0 Å². The highest BCUT2D eigenvalue weighted by Gasteiger charge is 2.33. The van der Waals surface area contributed by atoms with Crippen molar-refractivity contribution >= 4 is 27.5 Å². The second kappa shape index (κ2) is 12.3. The number of sulfonamides is 1. The number of carbonyl (C=O) groups is 2. The Kier molecular flexibility index (Phi) is 9.40. The average Bonchev–Trinajstić information content (AvgIpc) is 2.90. The summed E-state index contributed by atoms with van der Waals surface area (Å²) in [6, 6.07) is 21.3. The number of rotatable bonds is 10. The predicted octanol–water partition coefficient (Wildman–Crippen LogP) is 4.53. The van der Waals surface area contributed by atoms with Gasteiger partial charge in [0, 0.05) is 12.1 Å². The molecule has 0 aliphatic heterocycles. The zero-order valence-electron chi connectivity index (χ0n) is 23.3. The molecule has 39 heavy (non-hydrogen) atoms. The van der Waals surface area contributed by atoms with E-state index in [0.29, 0.717) is 11.4 Å². The summed E-state index contributed by atoms with van der Waals surface area (Å²) in [5.74, 6) is -0.320. The van der Waals surface area contributed by atoms with Crippen LogP contribution in [0.3, 0.4) is 0 Å². The summed E-state index contributed by atoms with van der Waals surface area (Å²) >= 11 is 0. The SMILES string of the molecule is COc1ccc(S(=O)(=O)N(CC(=O)N(Cc2ccc(C)cc2)C(C)C(=O)NC(C)(C)C)c2ccccc2)cc1. The molecule has 208 valence electrons. The van der Waals surface area contributed by atoms with Crippen LogP contribution in [0.15, 0.2) is 83.8 Å². The maximum Gasteiger partial charge on any atom is 0.264 e. The predicted molar refractivity (Wildman–Crippen MR) is 153 cm³/mol. The minimum Gasteiger partial charge on any atom is -0.497 e. The summed E-state index contributed by atoms with van der Waals surface area (Å²) in [5, 5.41) is 2.92. The van der Waals surface area contributed by atoms with Gasteiger partial charge in [-0.05, 0) is 76.6 Å². The molecule has 3 aromatic carbocycles. The number of anilines is 1. The van der Waals surface area contributed by atoms with Crippen molar-refractivity contribution in [2.24, 2.45) is 0 Å². The van der Waals surface area contributed by atoms with Crippen LogP contribution in [0.4, 0.5) is 5.69 Å². The van der Waals surface area contributed by atoms with Gasteiger partial charge in [0.25, 0.3) is 10.0 Å². The van der Waals surface area contributed by atoms with Gasteiger partial charge in [-0.2, -0.15) is 0 Å². The van der Waals surface area contributed by atoms with E-state index < -0.39 is 34.1 Å². The van der Waals surface area contributed by atoms with E-state index in [1.165, 1.54) is 24.1 Å². The molecule has 0 heterocycles. The number of benzene rings is 3. The fourth-order valence-corrected chi connectivity index (χ4v) is 5.36. The van der Waals surface area contributed by atoms with Gasteiger partial charge in [-0.25, -0.2) is 8.42 Å². The molecule has 1 N–H and O–H groups in total. The van der Waals surface area contributed by atoms with Crippen LogP contribution in [-0.4, -0.2) is 50.4 Å². The molecular formula is C30H37N3O5S. The molecule has 0 aliphatic rings. The number of nitrogens with one attached hydrogen (secondary N) is 1. The molecule has 9 heteroatoms. The van der Waals surface area contributed by atoms with E-state index in [4.69, 9.17) is 4.74 Å². The van der Waals surface area contributed by atoms with Crippen molar-refractivity contribution in [3.8, 4) is 5.75 Å². The molecular weight excluding hydrogens is 514 g/mol. The zero-order valence-corrected chi connectivity index (χ0v) is 24.2. The number of nitrogens with zero attached hydrogens (tertiary/aromatic N) is 2. The van der Waals surface area contributed by atoms with E-state index in [1.54, 1.807) is 49.4 Å². The van der Waals surface area contributed by atoms with Gasteiger partial charge in [0.15, 0.2) is 0 Å². The normalized spacial score (nSPS) is 12.4. The summed E-state index contributed by atoms with van der Waals surface area (Å²) in [6.07, 6.45) is 0. The Morgan fingerprint density at radius 2 is 1.51 bits per heavy atom. The van der Waals surface area contributed by atoms with E-state index in [1.807, 2.05) is 52.0 Å². The van der Waals surface area contributed by atoms with E-state index >= 15 is 0 Å². The highest BCUT2D eigenvalue weighted by molar-refractivity contribution is 7.92. The summed E-state index contributed by atoms with van der Waals surface area (Å²) in [5.41, 5.74) is 1.73. The van der Waals surface area contributed by atoms with E-state index in [0.717, 1.165) is 15.4 Å². The number of hydrogen-bond donors (Lipinski definition) is 1. The Bertz CT molecular complexity index is 1370. The van der Waals surface area contributed by atoms with Gasteiger partial charge in [0.2, 0.25) is 11.8 Å². The molecule has 0 spiro atoms. The average molecular weight is 552 g/mol. The van der Waals surface area contributed by atoms with Crippen LogP contribution in [0, 0.1) is 6.92 Å². The Morgan fingerprint density at radius 1 is 0.923 bits per heavy atom. The number of hydrogen-bond acceptors (Lipinski definition) is 5. The van der Waals surface area contributed by atoms with E-state index in [2.05, 4.69) is 5.32 Å². The fourth-order valence-electron chi connectivity index (χ4n) is 3.94. The first kappa shape index (κ1) is 29.7. The molecule has 0 bridgehead atoms. The second-order valence-corrected chi connectivity index (χ2v) is 12.3. The van der Waals surface area contributed by atoms with Crippen LogP contribution in [0.2, 0.25) is 0 Å². The van der Waals surface area contributed by atoms with Crippen LogP contribution in [0.1, 0.15) is 38.8 Å². The molecule has 1 atom stereocenters. The topological polar surface area (TPSA) is 96.0 Å². The zero-order chi connectivity index (χ0) is 28.8. The minimum absolute atomic E-state index is 0.0172. The van der Waals surface area contributed by atoms with Gasteiger partial charge in [0.05, 0.1) is 17.7 Å². The van der Waals surface area contributed by atoms with Crippen LogP contribution < -0.4 is 14.4 Å². The summed E-state index contributed by atoms with van der Waals surface area (Å²) in [4.78, 5) is 28.5. The molecule has 0 aromatic heterocycles. The molecule has 2 amide bonds. The monoisotopic (exact) mass is 551 g/mol. The maximum absolute atomic E-state index is 13.9. The quantitative estimate of drug-likeness (QED) is 0.399. The molecule has 0 aliphatic carbocycles. The number of para-hydroxylation sites is 1. The summed E-state index contributed by atoms with van der Waals surface area (Å²) in [7, 11) is -2.63. The standard InChI is InChI=1S/C30H37N3O5S/c1-22-12-14-24(15-13-22)20-32(23(2)29(35)31-30(3,4)5)28(34)21-33(25-10-8-7-9-11-25)39(36,37)27-18-16-26(38-6)17-19-27/h7-19,23H,20-21H2,1-6H3,(H,31,35). The number of methoxy groups -OCH3 is 1. The van der Waals surface area contributed by atoms with Crippen LogP contribution in [0.5, 0.6) is 5.75 Å². The van der Waals surface area contributed by atoms with Gasteiger partial charge >= 0.3 is 0 Å². The van der Waals surface area contributed by atoms with Crippen LogP contribution in [0.25, 0.3) is 0 Å². The van der Waals surface area contributed by atoms with Crippen LogP contribution >= 0.6 is 0 Å². The van der Waals surface area contributed by atoms with E-state index in [9.17, 15) is 18.0 Å². The van der Waals surface area contributed by atoms with Crippen molar-refractivity contribution in [2.75, 3.05) is 18.0 Å². The third-order valence-corrected chi connectivity index (χ3v) is 7.90. The maximum atomic E-state index is 13.9. The lowest BCUT2D eigenvalue weighted by Crippen LogP contribution is -2.54. The molecule has 0 saturated heterocycles. The molecule has 0 saturated carbocycles. The first-order chi connectivity index (χ1) is 18.3. The first-order valence-corrected chi connectivity index (χ1v) is 14.1.